The summed E-state index contributed by atoms with van der Waals surface area (Å²) in [6.45, 7) is 3.72. The number of carbonyl (C=O) groups excluding carboxylic acids is 2. The lowest BCUT2D eigenvalue weighted by Gasteiger charge is -2.11. The average molecular weight is 409 g/mol. The summed E-state index contributed by atoms with van der Waals surface area (Å²) in [6, 6.07) is 5.07. The van der Waals surface area contributed by atoms with Gasteiger partial charge >= 0.3 is 0 Å². The number of methoxy groups -OCH3 is 1. The van der Waals surface area contributed by atoms with E-state index in [0.29, 0.717) is 28.0 Å². The van der Waals surface area contributed by atoms with E-state index in [1.807, 2.05) is 13.8 Å². The number of amides is 2. The first-order valence-electron chi connectivity index (χ1n) is 8.18. The third kappa shape index (κ3) is 6.11. The standard InChI is InChI=1S/C18H21ClN4O3S/c1-10-13(11(2)22-18(21-10)27-9-16(20)24)5-7-17(25)23-12-4-6-15(26-3)14(19)8-12/h4,6,8H,5,7,9H2,1-3H3,(H2,20,24)(H,23,25). The maximum Gasteiger partial charge on any atom is 0.227 e. The van der Waals surface area contributed by atoms with Gasteiger partial charge in [0.05, 0.1) is 17.9 Å². The van der Waals surface area contributed by atoms with Crippen LogP contribution in [0.15, 0.2) is 23.4 Å². The lowest BCUT2D eigenvalue weighted by molar-refractivity contribution is -0.116. The molecule has 9 heteroatoms. The number of thioether (sulfide) groups is 1. The Hall–Kier alpha value is -2.32. The largest absolute Gasteiger partial charge is 0.495 e. The number of benzene rings is 1. The molecular weight excluding hydrogens is 388 g/mol. The van der Waals surface area contributed by atoms with E-state index < -0.39 is 5.91 Å². The molecular formula is C18H21ClN4O3S. The molecule has 144 valence electrons. The number of aromatic nitrogens is 2. The zero-order valence-electron chi connectivity index (χ0n) is 15.3. The number of carbonyl (C=O) groups is 2. The van der Waals surface area contributed by atoms with Gasteiger partial charge in [-0.1, -0.05) is 23.4 Å². The van der Waals surface area contributed by atoms with Crippen molar-refractivity contribution in [3.05, 3.63) is 40.2 Å². The van der Waals surface area contributed by atoms with Gasteiger partial charge in [-0.15, -0.1) is 0 Å². The van der Waals surface area contributed by atoms with E-state index >= 15 is 0 Å². The summed E-state index contributed by atoms with van der Waals surface area (Å²) in [5.74, 6) is 0.123. The lowest BCUT2D eigenvalue weighted by Crippen LogP contribution is -2.15. The highest BCUT2D eigenvalue weighted by atomic mass is 35.5. The third-order valence-corrected chi connectivity index (χ3v) is 4.95. The van der Waals surface area contributed by atoms with Crippen LogP contribution in [-0.2, 0) is 16.0 Å². The number of hydrogen-bond acceptors (Lipinski definition) is 6. The zero-order valence-corrected chi connectivity index (χ0v) is 16.9. The molecule has 0 saturated carbocycles. The first-order chi connectivity index (χ1) is 12.8. The van der Waals surface area contributed by atoms with Crippen molar-refractivity contribution in [2.45, 2.75) is 31.8 Å². The van der Waals surface area contributed by atoms with Crippen LogP contribution >= 0.6 is 23.4 Å². The highest BCUT2D eigenvalue weighted by molar-refractivity contribution is 7.99. The quantitative estimate of drug-likeness (QED) is 0.513. The molecule has 1 aromatic heterocycles. The summed E-state index contributed by atoms with van der Waals surface area (Å²) < 4.78 is 5.09. The predicted octanol–water partition coefficient (Wildman–Crippen LogP) is 2.90. The number of aryl methyl sites for hydroxylation is 2. The number of nitrogens with zero attached hydrogens (tertiary/aromatic N) is 2. The molecule has 0 aliphatic heterocycles. The number of nitrogens with two attached hydrogens (primary N) is 1. The molecule has 0 radical (unpaired) electrons. The van der Waals surface area contributed by atoms with Crippen LogP contribution in [0.1, 0.15) is 23.4 Å². The fourth-order valence-electron chi connectivity index (χ4n) is 2.48. The normalized spacial score (nSPS) is 10.5. The number of anilines is 1. The van der Waals surface area contributed by atoms with Crippen LogP contribution in [0.2, 0.25) is 5.02 Å². The van der Waals surface area contributed by atoms with Crippen molar-refractivity contribution in [2.24, 2.45) is 5.73 Å². The summed E-state index contributed by atoms with van der Waals surface area (Å²) in [5, 5.41) is 3.75. The lowest BCUT2D eigenvalue weighted by atomic mass is 10.1. The second-order valence-electron chi connectivity index (χ2n) is 5.81. The first kappa shape index (κ1) is 21.0. The highest BCUT2D eigenvalue weighted by Gasteiger charge is 2.12. The van der Waals surface area contributed by atoms with E-state index in [4.69, 9.17) is 22.1 Å². The van der Waals surface area contributed by atoms with Crippen LogP contribution < -0.4 is 15.8 Å². The van der Waals surface area contributed by atoms with Crippen molar-refractivity contribution < 1.29 is 14.3 Å². The van der Waals surface area contributed by atoms with Crippen LogP contribution in [0.4, 0.5) is 5.69 Å². The molecule has 0 atom stereocenters. The van der Waals surface area contributed by atoms with Crippen molar-refractivity contribution in [1.29, 1.82) is 0 Å². The summed E-state index contributed by atoms with van der Waals surface area (Å²) in [5.41, 5.74) is 8.24. The van der Waals surface area contributed by atoms with Crippen molar-refractivity contribution in [1.82, 2.24) is 9.97 Å². The Bertz CT molecular complexity index is 837. The molecule has 1 heterocycles. The SMILES string of the molecule is COc1ccc(NC(=O)CCc2c(C)nc(SCC(N)=O)nc2C)cc1Cl. The Morgan fingerprint density at radius 3 is 2.48 bits per heavy atom. The maximum absolute atomic E-state index is 12.2. The Kier molecular flexibility index (Phi) is 7.44. The van der Waals surface area contributed by atoms with Gasteiger partial charge in [0.2, 0.25) is 11.8 Å². The van der Waals surface area contributed by atoms with Gasteiger partial charge in [0, 0.05) is 23.5 Å². The fraction of sp³-hybridized carbons (Fsp3) is 0.333. The Labute approximate surface area is 167 Å². The minimum absolute atomic E-state index is 0.130. The Morgan fingerprint density at radius 2 is 1.93 bits per heavy atom. The minimum atomic E-state index is -0.418. The molecule has 2 amide bonds. The van der Waals surface area contributed by atoms with Gasteiger partial charge in [0.25, 0.3) is 0 Å². The average Bonchev–Trinajstić information content (AvgIpc) is 2.59. The number of primary amides is 1. The van der Waals surface area contributed by atoms with Crippen molar-refractivity contribution >= 4 is 40.9 Å². The minimum Gasteiger partial charge on any atom is -0.495 e. The molecule has 0 aliphatic carbocycles. The van der Waals surface area contributed by atoms with E-state index in [-0.39, 0.29) is 18.1 Å². The molecule has 0 fully saturated rings. The van der Waals surface area contributed by atoms with Gasteiger partial charge in [-0.25, -0.2) is 9.97 Å². The molecule has 0 spiro atoms. The molecule has 0 bridgehead atoms. The van der Waals surface area contributed by atoms with Crippen LogP contribution in [0, 0.1) is 13.8 Å². The monoisotopic (exact) mass is 408 g/mol. The summed E-state index contributed by atoms with van der Waals surface area (Å²) >= 11 is 7.26. The third-order valence-electron chi connectivity index (χ3n) is 3.78. The van der Waals surface area contributed by atoms with Gasteiger partial charge in [0.15, 0.2) is 5.16 Å². The van der Waals surface area contributed by atoms with E-state index in [0.717, 1.165) is 17.0 Å². The second-order valence-corrected chi connectivity index (χ2v) is 7.16. The van der Waals surface area contributed by atoms with Crippen LogP contribution in [-0.4, -0.2) is 34.6 Å². The predicted molar refractivity (Wildman–Crippen MR) is 106 cm³/mol. The van der Waals surface area contributed by atoms with E-state index in [9.17, 15) is 9.59 Å². The summed E-state index contributed by atoms with van der Waals surface area (Å²) in [6.07, 6.45) is 0.788. The number of rotatable bonds is 8. The van der Waals surface area contributed by atoms with Gasteiger partial charge in [-0.05, 0) is 44.0 Å². The molecule has 2 aromatic rings. The van der Waals surface area contributed by atoms with Crippen LogP contribution in [0.3, 0.4) is 0 Å². The van der Waals surface area contributed by atoms with E-state index in [2.05, 4.69) is 15.3 Å². The van der Waals surface area contributed by atoms with Gasteiger partial charge in [-0.3, -0.25) is 9.59 Å². The van der Waals surface area contributed by atoms with E-state index in [1.165, 1.54) is 18.9 Å². The Morgan fingerprint density at radius 1 is 1.26 bits per heavy atom. The van der Waals surface area contributed by atoms with Gasteiger partial charge < -0.3 is 15.8 Å². The second kappa shape index (κ2) is 9.57. The number of nitrogens with one attached hydrogen (secondary N) is 1. The van der Waals surface area contributed by atoms with Gasteiger partial charge in [-0.2, -0.15) is 0 Å². The smallest absolute Gasteiger partial charge is 0.227 e. The molecule has 3 N–H and O–H groups in total. The maximum atomic E-state index is 12.2. The van der Waals surface area contributed by atoms with E-state index in [1.54, 1.807) is 18.2 Å². The molecule has 1 aromatic carbocycles. The Balaban J connectivity index is 1.98. The van der Waals surface area contributed by atoms with Crippen molar-refractivity contribution in [3.8, 4) is 5.75 Å². The summed E-state index contributed by atoms with van der Waals surface area (Å²) in [7, 11) is 1.53. The molecule has 0 unspecified atom stereocenters. The first-order valence-corrected chi connectivity index (χ1v) is 9.55. The van der Waals surface area contributed by atoms with Crippen LogP contribution in [0.5, 0.6) is 5.75 Å². The molecule has 2 rings (SSSR count). The molecule has 0 aliphatic rings. The van der Waals surface area contributed by atoms with Gasteiger partial charge in [0.1, 0.15) is 5.75 Å². The summed E-state index contributed by atoms with van der Waals surface area (Å²) in [4.78, 5) is 31.9. The zero-order chi connectivity index (χ0) is 20.0. The fourth-order valence-corrected chi connectivity index (χ4v) is 3.41. The number of hydrogen-bond donors (Lipinski definition) is 2. The number of ether oxygens (including phenoxy) is 1. The van der Waals surface area contributed by atoms with Crippen molar-refractivity contribution in [3.63, 3.8) is 0 Å². The highest BCUT2D eigenvalue weighted by Crippen LogP contribution is 2.27. The molecule has 7 nitrogen and oxygen atoms in total. The number of halogens is 1. The topological polar surface area (TPSA) is 107 Å². The van der Waals surface area contributed by atoms with Crippen LogP contribution in [0.25, 0.3) is 0 Å². The molecule has 27 heavy (non-hydrogen) atoms. The van der Waals surface area contributed by atoms with Crippen molar-refractivity contribution in [2.75, 3.05) is 18.2 Å². The molecule has 0 saturated heterocycles.